The maximum atomic E-state index is 12.3. The van der Waals surface area contributed by atoms with Crippen molar-refractivity contribution in [2.45, 2.75) is 11.6 Å². The van der Waals surface area contributed by atoms with Crippen LogP contribution >= 0.6 is 11.8 Å². The van der Waals surface area contributed by atoms with Crippen LogP contribution in [0.2, 0.25) is 0 Å². The molecule has 7 heteroatoms. The molecule has 1 amide bonds. The maximum absolute atomic E-state index is 12.3. The van der Waals surface area contributed by atoms with E-state index >= 15 is 0 Å². The SMILES string of the molecule is COc1cccc(NC(=O)CSc2nnc(Cc3cccc4ccccc34)n2C)c1. The van der Waals surface area contributed by atoms with Gasteiger partial charge in [-0.1, -0.05) is 60.3 Å². The Morgan fingerprint density at radius 3 is 2.73 bits per heavy atom. The third-order valence-corrected chi connectivity index (χ3v) is 5.86. The number of nitrogens with one attached hydrogen (secondary N) is 1. The Morgan fingerprint density at radius 1 is 1.07 bits per heavy atom. The Bertz CT molecular complexity index is 1180. The molecule has 6 nitrogen and oxygen atoms in total. The summed E-state index contributed by atoms with van der Waals surface area (Å²) in [5, 5.41) is 14.6. The van der Waals surface area contributed by atoms with Gasteiger partial charge in [-0.05, 0) is 28.5 Å². The van der Waals surface area contributed by atoms with Gasteiger partial charge in [0.2, 0.25) is 5.91 Å². The number of rotatable bonds is 7. The summed E-state index contributed by atoms with van der Waals surface area (Å²) in [4.78, 5) is 12.3. The number of benzene rings is 3. The number of methoxy groups -OCH3 is 1. The first-order chi connectivity index (χ1) is 14.6. The lowest BCUT2D eigenvalue weighted by Crippen LogP contribution is -2.14. The molecule has 4 rings (SSSR count). The van der Waals surface area contributed by atoms with E-state index in [1.54, 1.807) is 13.2 Å². The highest BCUT2D eigenvalue weighted by Crippen LogP contribution is 2.23. The van der Waals surface area contributed by atoms with Gasteiger partial charge in [0.05, 0.1) is 12.9 Å². The second-order valence-electron chi connectivity index (χ2n) is 6.84. The van der Waals surface area contributed by atoms with E-state index in [1.165, 1.54) is 28.1 Å². The van der Waals surface area contributed by atoms with Crippen molar-refractivity contribution in [3.05, 3.63) is 78.1 Å². The lowest BCUT2D eigenvalue weighted by molar-refractivity contribution is -0.113. The minimum Gasteiger partial charge on any atom is -0.497 e. The molecule has 0 bridgehead atoms. The average Bonchev–Trinajstić information content (AvgIpc) is 3.12. The van der Waals surface area contributed by atoms with E-state index < -0.39 is 0 Å². The first-order valence-electron chi connectivity index (χ1n) is 9.55. The molecule has 152 valence electrons. The molecular weight excluding hydrogens is 396 g/mol. The number of carbonyl (C=O) groups is 1. The van der Waals surface area contributed by atoms with E-state index in [9.17, 15) is 4.79 Å². The van der Waals surface area contributed by atoms with E-state index in [-0.39, 0.29) is 11.7 Å². The highest BCUT2D eigenvalue weighted by Gasteiger charge is 2.13. The number of hydrogen-bond acceptors (Lipinski definition) is 5. The van der Waals surface area contributed by atoms with Crippen molar-refractivity contribution in [1.29, 1.82) is 0 Å². The van der Waals surface area contributed by atoms with Gasteiger partial charge in [0.1, 0.15) is 11.6 Å². The predicted molar refractivity (Wildman–Crippen MR) is 120 cm³/mol. The zero-order chi connectivity index (χ0) is 20.9. The standard InChI is InChI=1S/C23H22N4O2S/c1-27-21(13-17-9-5-8-16-7-3-4-12-20(16)17)25-26-23(27)30-15-22(28)24-18-10-6-11-19(14-18)29-2/h3-12,14H,13,15H2,1-2H3,(H,24,28). The molecule has 0 saturated carbocycles. The van der Waals surface area contributed by atoms with Gasteiger partial charge >= 0.3 is 0 Å². The highest BCUT2D eigenvalue weighted by atomic mass is 32.2. The lowest BCUT2D eigenvalue weighted by atomic mass is 10.0. The zero-order valence-corrected chi connectivity index (χ0v) is 17.6. The fraction of sp³-hybridized carbons (Fsp3) is 0.174. The monoisotopic (exact) mass is 418 g/mol. The van der Waals surface area contributed by atoms with Gasteiger partial charge in [0.15, 0.2) is 5.16 Å². The summed E-state index contributed by atoms with van der Waals surface area (Å²) in [6.07, 6.45) is 0.682. The molecular formula is C23H22N4O2S. The Balaban J connectivity index is 1.41. The number of hydrogen-bond donors (Lipinski definition) is 1. The van der Waals surface area contributed by atoms with Gasteiger partial charge in [-0.25, -0.2) is 0 Å². The van der Waals surface area contributed by atoms with E-state index in [4.69, 9.17) is 4.74 Å². The summed E-state index contributed by atoms with van der Waals surface area (Å²) >= 11 is 1.37. The van der Waals surface area contributed by atoms with Crippen LogP contribution < -0.4 is 10.1 Å². The Morgan fingerprint density at radius 2 is 1.87 bits per heavy atom. The second-order valence-corrected chi connectivity index (χ2v) is 7.78. The quantitative estimate of drug-likeness (QED) is 0.453. The van der Waals surface area contributed by atoms with Crippen LogP contribution in [-0.4, -0.2) is 33.5 Å². The molecule has 0 saturated heterocycles. The van der Waals surface area contributed by atoms with E-state index in [0.29, 0.717) is 23.0 Å². The summed E-state index contributed by atoms with van der Waals surface area (Å²) < 4.78 is 7.13. The average molecular weight is 419 g/mol. The summed E-state index contributed by atoms with van der Waals surface area (Å²) in [5.74, 6) is 1.71. The molecule has 0 unspecified atom stereocenters. The molecule has 0 spiro atoms. The summed E-state index contributed by atoms with van der Waals surface area (Å²) in [7, 11) is 3.53. The molecule has 1 heterocycles. The summed E-state index contributed by atoms with van der Waals surface area (Å²) in [5.41, 5.74) is 1.91. The number of ether oxygens (including phenoxy) is 1. The van der Waals surface area contributed by atoms with Gasteiger partial charge in [-0.2, -0.15) is 0 Å². The normalized spacial score (nSPS) is 10.9. The minimum atomic E-state index is -0.105. The van der Waals surface area contributed by atoms with E-state index in [2.05, 4.69) is 45.8 Å². The molecule has 1 aromatic heterocycles. The largest absolute Gasteiger partial charge is 0.497 e. The third kappa shape index (κ3) is 4.46. The molecule has 4 aromatic rings. The molecule has 0 radical (unpaired) electrons. The van der Waals surface area contributed by atoms with Crippen molar-refractivity contribution in [2.75, 3.05) is 18.2 Å². The summed E-state index contributed by atoms with van der Waals surface area (Å²) in [6.45, 7) is 0. The topological polar surface area (TPSA) is 69.0 Å². The molecule has 0 fully saturated rings. The first-order valence-corrected chi connectivity index (χ1v) is 10.5. The van der Waals surface area contributed by atoms with Crippen LogP contribution in [0, 0.1) is 0 Å². The number of fused-ring (bicyclic) bond motifs is 1. The van der Waals surface area contributed by atoms with Crippen molar-refractivity contribution in [3.63, 3.8) is 0 Å². The number of aromatic nitrogens is 3. The van der Waals surface area contributed by atoms with Crippen LogP contribution in [0.15, 0.2) is 71.9 Å². The van der Waals surface area contributed by atoms with Crippen molar-refractivity contribution in [3.8, 4) is 5.75 Å². The van der Waals surface area contributed by atoms with E-state index in [1.807, 2.05) is 41.9 Å². The molecule has 0 aliphatic heterocycles. The van der Waals surface area contributed by atoms with Gasteiger partial charge in [0.25, 0.3) is 0 Å². The van der Waals surface area contributed by atoms with Crippen molar-refractivity contribution >= 4 is 34.1 Å². The minimum absolute atomic E-state index is 0.105. The molecule has 0 atom stereocenters. The Hall–Kier alpha value is -3.32. The predicted octanol–water partition coefficient (Wildman–Crippen LogP) is 4.30. The highest BCUT2D eigenvalue weighted by molar-refractivity contribution is 7.99. The van der Waals surface area contributed by atoms with Crippen LogP contribution in [0.4, 0.5) is 5.69 Å². The van der Waals surface area contributed by atoms with Crippen LogP contribution in [0.25, 0.3) is 10.8 Å². The lowest BCUT2D eigenvalue weighted by Gasteiger charge is -2.08. The Kier molecular flexibility index (Phi) is 5.99. The zero-order valence-electron chi connectivity index (χ0n) is 16.8. The third-order valence-electron chi connectivity index (χ3n) is 4.84. The van der Waals surface area contributed by atoms with Crippen LogP contribution in [0.1, 0.15) is 11.4 Å². The van der Waals surface area contributed by atoms with E-state index in [0.717, 1.165) is 5.82 Å². The van der Waals surface area contributed by atoms with Crippen LogP contribution in [-0.2, 0) is 18.3 Å². The van der Waals surface area contributed by atoms with Crippen molar-refractivity contribution in [2.24, 2.45) is 7.05 Å². The number of amides is 1. The van der Waals surface area contributed by atoms with Gasteiger partial charge in [-0.15, -0.1) is 10.2 Å². The second kappa shape index (κ2) is 9.00. The van der Waals surface area contributed by atoms with Crippen molar-refractivity contribution < 1.29 is 9.53 Å². The van der Waals surface area contributed by atoms with Gasteiger partial charge in [-0.3, -0.25) is 4.79 Å². The molecule has 0 aliphatic carbocycles. The van der Waals surface area contributed by atoms with Crippen molar-refractivity contribution in [1.82, 2.24) is 14.8 Å². The fourth-order valence-corrected chi connectivity index (χ4v) is 4.00. The summed E-state index contributed by atoms with van der Waals surface area (Å²) in [6, 6.07) is 21.9. The number of anilines is 1. The maximum Gasteiger partial charge on any atom is 0.234 e. The fourth-order valence-electron chi connectivity index (χ4n) is 3.27. The number of thioether (sulfide) groups is 1. The number of carbonyl (C=O) groups excluding carboxylic acids is 1. The Labute approximate surface area is 179 Å². The smallest absolute Gasteiger partial charge is 0.234 e. The first kappa shape index (κ1) is 20.0. The van der Waals surface area contributed by atoms with Gasteiger partial charge < -0.3 is 14.6 Å². The number of nitrogens with zero attached hydrogens (tertiary/aromatic N) is 3. The molecule has 30 heavy (non-hydrogen) atoms. The molecule has 3 aromatic carbocycles. The van der Waals surface area contributed by atoms with Crippen LogP contribution in [0.3, 0.4) is 0 Å². The van der Waals surface area contributed by atoms with Gasteiger partial charge in [0, 0.05) is 25.2 Å². The van der Waals surface area contributed by atoms with Crippen LogP contribution in [0.5, 0.6) is 5.75 Å². The molecule has 0 aliphatic rings. The molecule has 1 N–H and O–H groups in total.